The molecule has 0 aromatic heterocycles. The van der Waals surface area contributed by atoms with Crippen LogP contribution in [0.15, 0.2) is 17.0 Å². The summed E-state index contributed by atoms with van der Waals surface area (Å²) >= 11 is 0. The number of ether oxygens (including phenoxy) is 1. The second-order valence-corrected chi connectivity index (χ2v) is 5.88. The van der Waals surface area contributed by atoms with Crippen molar-refractivity contribution in [3.05, 3.63) is 28.1 Å². The van der Waals surface area contributed by atoms with Crippen molar-refractivity contribution in [1.29, 1.82) is 0 Å². The Hall–Kier alpha value is -2.27. The smallest absolute Gasteiger partial charge is 0.315 e. The number of nitro benzene ring substituents is 1. The molecule has 1 aromatic rings. The largest absolute Gasteiger partial charge is 0.488 e. The van der Waals surface area contributed by atoms with Crippen molar-refractivity contribution in [3.63, 3.8) is 0 Å². The standard InChI is InChI=1S/C11H13FN2O7S/c1-21-11-8(12)5-7(6-9(11)14(17)18)22(19,20)13-4-2-3-10(15)16/h5-6,13H,2-4H2,1H3,(H,15,16). The van der Waals surface area contributed by atoms with Gasteiger partial charge in [0.05, 0.1) is 16.9 Å². The van der Waals surface area contributed by atoms with E-state index in [1.807, 2.05) is 4.72 Å². The van der Waals surface area contributed by atoms with E-state index >= 15 is 0 Å². The summed E-state index contributed by atoms with van der Waals surface area (Å²) in [4.78, 5) is 19.5. The Morgan fingerprint density at radius 2 is 2.14 bits per heavy atom. The van der Waals surface area contributed by atoms with Crippen LogP contribution in [0.25, 0.3) is 0 Å². The number of benzene rings is 1. The van der Waals surface area contributed by atoms with E-state index < -0.39 is 43.1 Å². The molecule has 11 heteroatoms. The number of sulfonamides is 1. The molecule has 0 fully saturated rings. The molecule has 1 aromatic carbocycles. The molecular weight excluding hydrogens is 323 g/mol. The van der Waals surface area contributed by atoms with Gasteiger partial charge in [-0.1, -0.05) is 0 Å². The highest BCUT2D eigenvalue weighted by Gasteiger charge is 2.26. The number of carbonyl (C=O) groups is 1. The summed E-state index contributed by atoms with van der Waals surface area (Å²) in [6, 6.07) is 1.26. The van der Waals surface area contributed by atoms with Crippen molar-refractivity contribution in [3.8, 4) is 5.75 Å². The minimum absolute atomic E-state index is 0.0231. The van der Waals surface area contributed by atoms with Gasteiger partial charge in [0, 0.05) is 19.0 Å². The molecule has 0 bridgehead atoms. The monoisotopic (exact) mass is 336 g/mol. The highest BCUT2D eigenvalue weighted by molar-refractivity contribution is 7.89. The zero-order chi connectivity index (χ0) is 16.9. The number of hydrogen-bond donors (Lipinski definition) is 2. The number of halogens is 1. The number of carboxylic acids is 1. The topological polar surface area (TPSA) is 136 Å². The van der Waals surface area contributed by atoms with Gasteiger partial charge in [-0.2, -0.15) is 0 Å². The highest BCUT2D eigenvalue weighted by Crippen LogP contribution is 2.32. The molecule has 22 heavy (non-hydrogen) atoms. The maximum absolute atomic E-state index is 13.7. The van der Waals surface area contributed by atoms with E-state index in [1.165, 1.54) is 0 Å². The van der Waals surface area contributed by atoms with Crippen molar-refractivity contribution in [2.24, 2.45) is 0 Å². The third-order valence-corrected chi connectivity index (χ3v) is 4.01. The Balaban J connectivity index is 3.05. The van der Waals surface area contributed by atoms with E-state index in [2.05, 4.69) is 4.74 Å². The lowest BCUT2D eigenvalue weighted by molar-refractivity contribution is -0.386. The van der Waals surface area contributed by atoms with Crippen LogP contribution in [0.5, 0.6) is 5.75 Å². The lowest BCUT2D eigenvalue weighted by atomic mass is 10.3. The normalized spacial score (nSPS) is 11.2. The number of methoxy groups -OCH3 is 1. The summed E-state index contributed by atoms with van der Waals surface area (Å²) in [6.07, 6.45) is -0.227. The number of hydrogen-bond acceptors (Lipinski definition) is 6. The van der Waals surface area contributed by atoms with Gasteiger partial charge in [-0.25, -0.2) is 17.5 Å². The van der Waals surface area contributed by atoms with Crippen LogP contribution in [-0.4, -0.2) is 38.1 Å². The number of nitrogens with one attached hydrogen (secondary N) is 1. The van der Waals surface area contributed by atoms with Crippen molar-refractivity contribution in [2.45, 2.75) is 17.7 Å². The number of nitrogens with zero attached hydrogens (tertiary/aromatic N) is 1. The first-order valence-electron chi connectivity index (χ1n) is 5.92. The van der Waals surface area contributed by atoms with Gasteiger partial charge >= 0.3 is 11.7 Å². The number of nitro groups is 1. The fourth-order valence-electron chi connectivity index (χ4n) is 1.58. The Morgan fingerprint density at radius 1 is 1.50 bits per heavy atom. The molecule has 0 spiro atoms. The van der Waals surface area contributed by atoms with Gasteiger partial charge in [-0.05, 0) is 12.5 Å². The predicted octanol–water partition coefficient (Wildman–Crippen LogP) is 0.886. The number of rotatable bonds is 8. The van der Waals surface area contributed by atoms with Crippen LogP contribution in [0, 0.1) is 15.9 Å². The fraction of sp³-hybridized carbons (Fsp3) is 0.364. The van der Waals surface area contributed by atoms with E-state index in [1.54, 1.807) is 0 Å². The van der Waals surface area contributed by atoms with Gasteiger partial charge in [0.1, 0.15) is 0 Å². The number of aliphatic carboxylic acids is 1. The van der Waals surface area contributed by atoms with Crippen LogP contribution in [-0.2, 0) is 14.8 Å². The third kappa shape index (κ3) is 4.36. The molecule has 0 aliphatic rings. The SMILES string of the molecule is COc1c(F)cc(S(=O)(=O)NCCCC(=O)O)cc1[N+](=O)[O-]. The summed E-state index contributed by atoms with van der Waals surface area (Å²) in [5.41, 5.74) is -0.826. The van der Waals surface area contributed by atoms with E-state index in [4.69, 9.17) is 5.11 Å². The average Bonchev–Trinajstić information content (AvgIpc) is 2.42. The molecule has 0 unspecified atom stereocenters. The first kappa shape index (κ1) is 17.8. The highest BCUT2D eigenvalue weighted by atomic mass is 32.2. The zero-order valence-electron chi connectivity index (χ0n) is 11.4. The summed E-state index contributed by atoms with van der Waals surface area (Å²) < 4.78 is 44.1. The van der Waals surface area contributed by atoms with Gasteiger partial charge in [-0.3, -0.25) is 14.9 Å². The van der Waals surface area contributed by atoms with Crippen LogP contribution in [0.4, 0.5) is 10.1 Å². The summed E-state index contributed by atoms with van der Waals surface area (Å²) in [7, 11) is -3.19. The molecule has 0 heterocycles. The third-order valence-electron chi connectivity index (χ3n) is 2.57. The van der Waals surface area contributed by atoms with Crippen LogP contribution in [0.1, 0.15) is 12.8 Å². The molecule has 122 valence electrons. The second-order valence-electron chi connectivity index (χ2n) is 4.11. The van der Waals surface area contributed by atoms with E-state index in [9.17, 15) is 27.7 Å². The molecule has 9 nitrogen and oxygen atoms in total. The maximum Gasteiger partial charge on any atom is 0.315 e. The average molecular weight is 336 g/mol. The van der Waals surface area contributed by atoms with Gasteiger partial charge in [0.25, 0.3) is 0 Å². The van der Waals surface area contributed by atoms with E-state index in [-0.39, 0.29) is 19.4 Å². The minimum Gasteiger partial charge on any atom is -0.488 e. The summed E-state index contributed by atoms with van der Waals surface area (Å²) in [5, 5.41) is 19.3. The maximum atomic E-state index is 13.7. The molecular formula is C11H13FN2O7S. The van der Waals surface area contributed by atoms with Crippen LogP contribution in [0.2, 0.25) is 0 Å². The molecule has 0 radical (unpaired) electrons. The van der Waals surface area contributed by atoms with Crippen molar-refractivity contribution < 1.29 is 32.4 Å². The fourth-order valence-corrected chi connectivity index (χ4v) is 2.68. The van der Waals surface area contributed by atoms with Crippen LogP contribution < -0.4 is 9.46 Å². The lowest BCUT2D eigenvalue weighted by Gasteiger charge is -2.08. The second kappa shape index (κ2) is 7.13. The first-order chi connectivity index (χ1) is 10.2. The molecule has 0 aliphatic carbocycles. The van der Waals surface area contributed by atoms with Crippen molar-refractivity contribution >= 4 is 21.7 Å². The Morgan fingerprint density at radius 3 is 2.64 bits per heavy atom. The van der Waals surface area contributed by atoms with Crippen molar-refractivity contribution in [2.75, 3.05) is 13.7 Å². The Kier molecular flexibility index (Phi) is 5.77. The molecule has 0 saturated heterocycles. The Labute approximate surface area is 124 Å². The molecule has 1 rings (SSSR count). The van der Waals surface area contributed by atoms with E-state index in [0.717, 1.165) is 7.11 Å². The summed E-state index contributed by atoms with van der Waals surface area (Å²) in [5.74, 6) is -2.96. The first-order valence-corrected chi connectivity index (χ1v) is 7.40. The van der Waals surface area contributed by atoms with Crippen LogP contribution in [0.3, 0.4) is 0 Å². The summed E-state index contributed by atoms with van der Waals surface area (Å²) in [6.45, 7) is -0.198. The van der Waals surface area contributed by atoms with Gasteiger partial charge in [-0.15, -0.1) is 0 Å². The van der Waals surface area contributed by atoms with E-state index in [0.29, 0.717) is 12.1 Å². The molecule has 0 amide bonds. The number of carboxylic acid groups (broad SMARTS) is 1. The minimum atomic E-state index is -4.20. The molecule has 0 aliphatic heterocycles. The molecule has 2 N–H and O–H groups in total. The predicted molar refractivity (Wildman–Crippen MR) is 71.7 cm³/mol. The van der Waals surface area contributed by atoms with Gasteiger partial charge < -0.3 is 9.84 Å². The van der Waals surface area contributed by atoms with Crippen LogP contribution >= 0.6 is 0 Å². The Bertz CT molecular complexity index is 690. The van der Waals surface area contributed by atoms with Gasteiger partial charge in [0.2, 0.25) is 15.8 Å². The lowest BCUT2D eigenvalue weighted by Crippen LogP contribution is -2.25. The zero-order valence-corrected chi connectivity index (χ0v) is 12.2. The van der Waals surface area contributed by atoms with Crippen molar-refractivity contribution in [1.82, 2.24) is 4.72 Å². The molecule has 0 atom stereocenters. The van der Waals surface area contributed by atoms with Gasteiger partial charge in [0.15, 0.2) is 5.82 Å². The molecule has 0 saturated carbocycles. The quantitative estimate of drug-likeness (QED) is 0.408.